The predicted octanol–water partition coefficient (Wildman–Crippen LogP) is 5.28. The number of carbonyl (C=O) groups is 3. The molecule has 2 aromatic carbocycles. The smallest absolute Gasteiger partial charge is 0.350 e. The Hall–Kier alpha value is -4.51. The lowest BCUT2D eigenvalue weighted by atomic mass is 9.94. The number of rotatable bonds is 9. The van der Waals surface area contributed by atoms with Crippen molar-refractivity contribution in [2.75, 3.05) is 25.2 Å². The predicted molar refractivity (Wildman–Crippen MR) is 147 cm³/mol. The molecule has 1 aromatic heterocycles. The molecule has 40 heavy (non-hydrogen) atoms. The van der Waals surface area contributed by atoms with E-state index in [1.807, 2.05) is 0 Å². The van der Waals surface area contributed by atoms with Crippen molar-refractivity contribution in [2.24, 2.45) is 0 Å². The molecule has 0 saturated carbocycles. The van der Waals surface area contributed by atoms with Crippen molar-refractivity contribution in [2.45, 2.75) is 26.8 Å². The first-order valence-corrected chi connectivity index (χ1v) is 13.1. The highest BCUT2D eigenvalue weighted by atomic mass is 32.1. The van der Waals surface area contributed by atoms with E-state index >= 15 is 0 Å². The molecule has 0 spiro atoms. The van der Waals surface area contributed by atoms with Crippen molar-refractivity contribution in [1.29, 1.82) is 0 Å². The van der Waals surface area contributed by atoms with E-state index in [0.29, 0.717) is 28.3 Å². The van der Waals surface area contributed by atoms with Gasteiger partial charge in [0, 0.05) is 5.56 Å². The van der Waals surface area contributed by atoms with Gasteiger partial charge in [-0.15, -0.1) is 0 Å². The van der Waals surface area contributed by atoms with Crippen LogP contribution in [0.3, 0.4) is 0 Å². The van der Waals surface area contributed by atoms with Gasteiger partial charge in [0.2, 0.25) is 0 Å². The summed E-state index contributed by atoms with van der Waals surface area (Å²) in [6, 6.07) is 7.59. The average Bonchev–Trinajstić information content (AvgIpc) is 3.45. The van der Waals surface area contributed by atoms with Crippen LogP contribution in [-0.4, -0.2) is 48.1 Å². The molecule has 3 aromatic rings. The number of hydrogen-bond acceptors (Lipinski definition) is 9. The van der Waals surface area contributed by atoms with Crippen molar-refractivity contribution in [3.05, 3.63) is 87.7 Å². The minimum absolute atomic E-state index is 0.0199. The molecular formula is C29H27FN2O7S. The third-order valence-electron chi connectivity index (χ3n) is 6.20. The van der Waals surface area contributed by atoms with Gasteiger partial charge in [-0.2, -0.15) is 0 Å². The molecule has 1 fully saturated rings. The summed E-state index contributed by atoms with van der Waals surface area (Å²) in [5, 5.41) is 11.3. The van der Waals surface area contributed by atoms with Crippen LogP contribution in [-0.2, 0) is 14.3 Å². The number of esters is 1. The van der Waals surface area contributed by atoms with Crippen LogP contribution in [0.4, 0.5) is 9.52 Å². The van der Waals surface area contributed by atoms with Crippen LogP contribution in [0.1, 0.15) is 45.0 Å². The van der Waals surface area contributed by atoms with E-state index in [1.165, 1.54) is 19.2 Å². The Balaban J connectivity index is 1.94. The van der Waals surface area contributed by atoms with Crippen LogP contribution in [0, 0.1) is 19.7 Å². The molecule has 0 aliphatic carbocycles. The number of thiazole rings is 1. The van der Waals surface area contributed by atoms with Gasteiger partial charge in [-0.3, -0.25) is 14.5 Å². The van der Waals surface area contributed by atoms with Crippen LogP contribution < -0.4 is 14.4 Å². The van der Waals surface area contributed by atoms with Crippen LogP contribution >= 0.6 is 11.3 Å². The number of anilines is 1. The number of aromatic nitrogens is 1. The number of aryl methyl sites for hydroxylation is 2. The topological polar surface area (TPSA) is 115 Å². The van der Waals surface area contributed by atoms with E-state index in [1.54, 1.807) is 45.0 Å². The Bertz CT molecular complexity index is 1550. The molecule has 1 unspecified atom stereocenters. The van der Waals surface area contributed by atoms with Gasteiger partial charge in [-0.05, 0) is 50.1 Å². The highest BCUT2D eigenvalue weighted by molar-refractivity contribution is 7.17. The molecule has 208 valence electrons. The van der Waals surface area contributed by atoms with Crippen molar-refractivity contribution in [1.82, 2.24) is 4.98 Å². The fourth-order valence-electron chi connectivity index (χ4n) is 4.23. The largest absolute Gasteiger partial charge is 0.507 e. The SMILES string of the molecule is C=CCOc1ccc(C2C(=C(O)c3ccc(C)c(F)c3)C(=O)C(=O)N2c2nc(C)c(C(=O)OCC)s2)cc1OC. The summed E-state index contributed by atoms with van der Waals surface area (Å²) < 4.78 is 30.6. The van der Waals surface area contributed by atoms with Gasteiger partial charge in [-0.25, -0.2) is 14.2 Å². The van der Waals surface area contributed by atoms with Crippen LogP contribution in [0.2, 0.25) is 0 Å². The monoisotopic (exact) mass is 566 g/mol. The number of aliphatic hydroxyl groups excluding tert-OH is 1. The first kappa shape index (κ1) is 28.5. The highest BCUT2D eigenvalue weighted by Gasteiger charge is 2.48. The molecular weight excluding hydrogens is 539 g/mol. The number of Topliss-reactive ketones (excluding diaryl/α,β-unsaturated/α-hetero) is 1. The maximum atomic E-state index is 14.4. The van der Waals surface area contributed by atoms with Gasteiger partial charge in [0.25, 0.3) is 5.78 Å². The number of aliphatic hydroxyl groups is 1. The van der Waals surface area contributed by atoms with E-state index in [2.05, 4.69) is 11.6 Å². The van der Waals surface area contributed by atoms with E-state index in [-0.39, 0.29) is 34.4 Å². The Morgan fingerprint density at radius 1 is 1.20 bits per heavy atom. The summed E-state index contributed by atoms with van der Waals surface area (Å²) in [7, 11) is 1.43. The lowest BCUT2D eigenvalue weighted by Gasteiger charge is -2.24. The lowest BCUT2D eigenvalue weighted by Crippen LogP contribution is -2.29. The van der Waals surface area contributed by atoms with Gasteiger partial charge >= 0.3 is 11.9 Å². The molecule has 0 bridgehead atoms. The number of methoxy groups -OCH3 is 1. The molecule has 0 radical (unpaired) electrons. The summed E-state index contributed by atoms with van der Waals surface area (Å²) in [6.45, 7) is 8.79. The molecule has 1 aliphatic heterocycles. The van der Waals surface area contributed by atoms with Crippen molar-refractivity contribution in [3.8, 4) is 11.5 Å². The molecule has 2 heterocycles. The lowest BCUT2D eigenvalue weighted by molar-refractivity contribution is -0.132. The van der Waals surface area contributed by atoms with Crippen LogP contribution in [0.25, 0.3) is 5.76 Å². The van der Waals surface area contributed by atoms with Gasteiger partial charge in [0.15, 0.2) is 16.6 Å². The fourth-order valence-corrected chi connectivity index (χ4v) is 5.22. The van der Waals surface area contributed by atoms with E-state index in [0.717, 1.165) is 22.3 Å². The first-order valence-electron chi connectivity index (χ1n) is 12.3. The number of amides is 1. The zero-order valence-electron chi connectivity index (χ0n) is 22.3. The van der Waals surface area contributed by atoms with Crippen molar-refractivity contribution < 1.29 is 38.1 Å². The Morgan fingerprint density at radius 2 is 1.95 bits per heavy atom. The second kappa shape index (κ2) is 11.7. The number of halogens is 1. The molecule has 11 heteroatoms. The van der Waals surface area contributed by atoms with E-state index < -0.39 is 35.3 Å². The highest BCUT2D eigenvalue weighted by Crippen LogP contribution is 2.45. The number of benzene rings is 2. The number of carbonyl (C=O) groups excluding carboxylic acids is 3. The van der Waals surface area contributed by atoms with Gasteiger partial charge in [0.1, 0.15) is 23.1 Å². The minimum Gasteiger partial charge on any atom is -0.507 e. The molecule has 1 atom stereocenters. The number of hydrogen-bond donors (Lipinski definition) is 1. The first-order chi connectivity index (χ1) is 19.1. The van der Waals surface area contributed by atoms with Gasteiger partial charge in [0.05, 0.1) is 31.0 Å². The third-order valence-corrected chi connectivity index (χ3v) is 7.34. The number of ether oxygens (including phenoxy) is 3. The zero-order chi connectivity index (χ0) is 29.1. The molecule has 1 N–H and O–H groups in total. The number of nitrogens with zero attached hydrogens (tertiary/aromatic N) is 2. The van der Waals surface area contributed by atoms with Gasteiger partial charge < -0.3 is 19.3 Å². The minimum atomic E-state index is -1.19. The normalized spacial score (nSPS) is 16.2. The van der Waals surface area contributed by atoms with Crippen molar-refractivity contribution >= 4 is 39.9 Å². The Labute approximate surface area is 234 Å². The molecule has 9 nitrogen and oxygen atoms in total. The van der Waals surface area contributed by atoms with Gasteiger partial charge in [-0.1, -0.05) is 42.2 Å². The van der Waals surface area contributed by atoms with E-state index in [4.69, 9.17) is 14.2 Å². The maximum Gasteiger partial charge on any atom is 0.350 e. The summed E-state index contributed by atoms with van der Waals surface area (Å²) in [6.07, 6.45) is 1.56. The molecule has 1 saturated heterocycles. The number of ketones is 1. The standard InChI is InChI=1S/C29H27FN2O7S/c1-6-12-39-20-11-10-17(14-21(20)37-5)23-22(24(33)18-9-8-15(3)19(30)13-18)25(34)27(35)32(23)29-31-16(4)26(40-29)28(36)38-7-2/h6,8-11,13-14,23,33H,1,7,12H2,2-5H3. The summed E-state index contributed by atoms with van der Waals surface area (Å²) in [5.41, 5.74) is 0.775. The second-order valence-corrected chi connectivity index (χ2v) is 9.75. The third kappa shape index (κ3) is 5.20. The quantitative estimate of drug-likeness (QED) is 0.122. The van der Waals surface area contributed by atoms with Crippen LogP contribution in [0.15, 0.2) is 54.6 Å². The molecule has 4 rings (SSSR count). The second-order valence-electron chi connectivity index (χ2n) is 8.77. The summed E-state index contributed by atoms with van der Waals surface area (Å²) in [4.78, 5) is 45.1. The Morgan fingerprint density at radius 3 is 2.60 bits per heavy atom. The molecule has 1 aliphatic rings. The van der Waals surface area contributed by atoms with Crippen LogP contribution in [0.5, 0.6) is 11.5 Å². The van der Waals surface area contributed by atoms with E-state index in [9.17, 15) is 23.9 Å². The zero-order valence-corrected chi connectivity index (χ0v) is 23.1. The average molecular weight is 567 g/mol. The summed E-state index contributed by atoms with van der Waals surface area (Å²) in [5.74, 6) is -3.05. The summed E-state index contributed by atoms with van der Waals surface area (Å²) >= 11 is 0.883. The van der Waals surface area contributed by atoms with Crippen molar-refractivity contribution in [3.63, 3.8) is 0 Å². The maximum absolute atomic E-state index is 14.4. The fraction of sp³-hybridized carbons (Fsp3) is 0.241. The molecule has 1 amide bonds. The Kier molecular flexibility index (Phi) is 8.34.